The summed E-state index contributed by atoms with van der Waals surface area (Å²) < 4.78 is 32.0. The molecular weight excluding hydrogens is 687 g/mol. The van der Waals surface area contributed by atoms with Crippen molar-refractivity contribution >= 4 is 19.8 Å². The van der Waals surface area contributed by atoms with Crippen LogP contribution in [0.25, 0.3) is 0 Å². The third-order valence-corrected chi connectivity index (χ3v) is 9.99. The molecule has 0 amide bonds. The lowest BCUT2D eigenvalue weighted by Crippen LogP contribution is -2.29. The molecule has 8 nitrogen and oxygen atoms in total. The van der Waals surface area contributed by atoms with Gasteiger partial charge in [-0.3, -0.25) is 18.6 Å². The largest absolute Gasteiger partial charge is 0.472 e. The van der Waals surface area contributed by atoms with Crippen LogP contribution in [-0.2, 0) is 32.7 Å². The maximum atomic E-state index is 12.5. The van der Waals surface area contributed by atoms with Gasteiger partial charge in [0, 0.05) is 20.0 Å². The summed E-state index contributed by atoms with van der Waals surface area (Å²) in [5.41, 5.74) is 0. The minimum atomic E-state index is -4.27. The molecule has 0 radical (unpaired) electrons. The summed E-state index contributed by atoms with van der Waals surface area (Å²) in [6, 6.07) is 0. The fraction of sp³-hybridized carbons (Fsp3) is 0.773. The highest BCUT2D eigenvalue weighted by atomic mass is 31.2. The quantitative estimate of drug-likeness (QED) is 0.0285. The van der Waals surface area contributed by atoms with Crippen molar-refractivity contribution in [2.24, 2.45) is 0 Å². The molecule has 0 fully saturated rings. The number of allylic oxidation sites excluding steroid dienone is 8. The lowest BCUT2D eigenvalue weighted by Gasteiger charge is -2.19. The van der Waals surface area contributed by atoms with Crippen molar-refractivity contribution < 1.29 is 37.6 Å². The van der Waals surface area contributed by atoms with Crippen molar-refractivity contribution in [2.45, 2.75) is 200 Å². The summed E-state index contributed by atoms with van der Waals surface area (Å²) in [6.45, 7) is 3.77. The predicted octanol–water partition coefficient (Wildman–Crippen LogP) is 13.4. The van der Waals surface area contributed by atoms with Gasteiger partial charge in [-0.1, -0.05) is 159 Å². The second-order valence-electron chi connectivity index (χ2n) is 14.1. The average Bonchev–Trinajstić information content (AvgIpc) is 3.15. The smallest absolute Gasteiger partial charge is 0.462 e. The molecule has 9 heteroatoms. The van der Waals surface area contributed by atoms with Crippen LogP contribution >= 0.6 is 7.82 Å². The first-order chi connectivity index (χ1) is 25.8. The van der Waals surface area contributed by atoms with Crippen LogP contribution in [0.15, 0.2) is 48.6 Å². The lowest BCUT2D eigenvalue weighted by molar-refractivity contribution is -0.161. The average molecular weight is 767 g/mol. The molecule has 0 saturated carbocycles. The maximum Gasteiger partial charge on any atom is 0.472 e. The molecule has 0 aromatic rings. The van der Waals surface area contributed by atoms with Gasteiger partial charge < -0.3 is 14.4 Å². The number of ether oxygens (including phenoxy) is 2. The van der Waals surface area contributed by atoms with E-state index in [1.807, 2.05) is 0 Å². The van der Waals surface area contributed by atoms with Gasteiger partial charge in [0.25, 0.3) is 0 Å². The van der Waals surface area contributed by atoms with Crippen molar-refractivity contribution in [1.29, 1.82) is 0 Å². The van der Waals surface area contributed by atoms with Crippen LogP contribution in [0.2, 0.25) is 0 Å². The van der Waals surface area contributed by atoms with E-state index in [1.165, 1.54) is 96.3 Å². The minimum absolute atomic E-state index is 0.232. The zero-order valence-corrected chi connectivity index (χ0v) is 35.1. The third kappa shape index (κ3) is 39.5. The van der Waals surface area contributed by atoms with Crippen LogP contribution in [-0.4, -0.2) is 43.3 Å². The molecule has 0 aliphatic carbocycles. The van der Waals surface area contributed by atoms with Gasteiger partial charge in [0.15, 0.2) is 6.10 Å². The van der Waals surface area contributed by atoms with Gasteiger partial charge in [-0.25, -0.2) is 4.57 Å². The van der Waals surface area contributed by atoms with Crippen LogP contribution in [0.3, 0.4) is 0 Å². The van der Waals surface area contributed by atoms with Crippen LogP contribution < -0.4 is 0 Å². The molecule has 0 aliphatic rings. The number of phosphoric ester groups is 1. The molecule has 0 aromatic heterocycles. The Morgan fingerprint density at radius 2 is 0.962 bits per heavy atom. The Balaban J connectivity index is 4.02. The second-order valence-corrected chi connectivity index (χ2v) is 15.7. The topological polar surface area (TPSA) is 108 Å². The first-order valence-electron chi connectivity index (χ1n) is 21.3. The van der Waals surface area contributed by atoms with Gasteiger partial charge in [-0.05, 0) is 70.6 Å². The number of carbonyl (C=O) groups is 2. The van der Waals surface area contributed by atoms with Gasteiger partial charge in [0.2, 0.25) is 0 Å². The van der Waals surface area contributed by atoms with Crippen molar-refractivity contribution in [1.82, 2.24) is 0 Å². The standard InChI is InChI=1S/C44H79O8P/c1-4-6-8-10-12-14-16-18-20-22-24-26-28-30-32-34-36-38-43(45)50-40-42(41-51-53(47,48)49-3)52-44(46)39-37-35-33-31-29-27-25-23-21-19-17-15-13-11-9-7-5-2/h7,9,13,15,18-21,42H,4-6,8,10-12,14,16-17,22-41H2,1-3H3,(H,47,48)/b9-7-,15-13-,20-18-,21-19-. The van der Waals surface area contributed by atoms with Gasteiger partial charge >= 0.3 is 19.8 Å². The number of phosphoric acid groups is 1. The van der Waals surface area contributed by atoms with Crippen molar-refractivity contribution in [3.63, 3.8) is 0 Å². The molecule has 2 atom stereocenters. The number of esters is 2. The van der Waals surface area contributed by atoms with Crippen LogP contribution in [0, 0.1) is 0 Å². The Morgan fingerprint density at radius 1 is 0.547 bits per heavy atom. The molecule has 53 heavy (non-hydrogen) atoms. The highest BCUT2D eigenvalue weighted by Crippen LogP contribution is 2.42. The second kappa shape index (κ2) is 39.7. The Hall–Kier alpha value is -1.99. The highest BCUT2D eigenvalue weighted by Gasteiger charge is 2.24. The predicted molar refractivity (Wildman–Crippen MR) is 221 cm³/mol. The molecule has 0 spiro atoms. The summed E-state index contributed by atoms with van der Waals surface area (Å²) in [7, 11) is -3.21. The zero-order chi connectivity index (χ0) is 38.9. The van der Waals surface area contributed by atoms with E-state index in [0.717, 1.165) is 71.3 Å². The molecule has 2 unspecified atom stereocenters. The van der Waals surface area contributed by atoms with Crippen molar-refractivity contribution in [3.8, 4) is 0 Å². The van der Waals surface area contributed by atoms with E-state index in [0.29, 0.717) is 6.42 Å². The molecular formula is C44H79O8P. The molecule has 0 saturated heterocycles. The van der Waals surface area contributed by atoms with Crippen molar-refractivity contribution in [2.75, 3.05) is 20.3 Å². The van der Waals surface area contributed by atoms with E-state index >= 15 is 0 Å². The number of carbonyl (C=O) groups excluding carboxylic acids is 2. The van der Waals surface area contributed by atoms with E-state index in [9.17, 15) is 19.0 Å². The van der Waals surface area contributed by atoms with E-state index in [2.05, 4.69) is 67.0 Å². The Kier molecular flexibility index (Phi) is 38.2. The maximum absolute atomic E-state index is 12.5. The lowest BCUT2D eigenvalue weighted by atomic mass is 10.1. The summed E-state index contributed by atoms with van der Waals surface area (Å²) in [5, 5.41) is 0. The Morgan fingerprint density at radius 3 is 1.45 bits per heavy atom. The van der Waals surface area contributed by atoms with E-state index in [1.54, 1.807) is 0 Å². The van der Waals surface area contributed by atoms with Gasteiger partial charge in [0.1, 0.15) is 6.61 Å². The molecule has 308 valence electrons. The summed E-state index contributed by atoms with van der Waals surface area (Å²) in [6.07, 6.45) is 47.3. The SMILES string of the molecule is CC/C=C\C/C=C\C/C=C\CCCCCCCCCC(=O)OC(COC(=O)CCCCCCCCC/C=C\CCCCCCCC)COP(=O)(O)OC. The molecule has 1 N–H and O–H groups in total. The number of unbranched alkanes of at least 4 members (excludes halogenated alkanes) is 20. The summed E-state index contributed by atoms with van der Waals surface area (Å²) >= 11 is 0. The normalized spacial score (nSPS) is 13.8. The fourth-order valence-electron chi connectivity index (χ4n) is 5.78. The number of rotatable bonds is 39. The fourth-order valence-corrected chi connectivity index (χ4v) is 6.24. The summed E-state index contributed by atoms with van der Waals surface area (Å²) in [4.78, 5) is 34.5. The van der Waals surface area contributed by atoms with Gasteiger partial charge in [-0.15, -0.1) is 0 Å². The first kappa shape index (κ1) is 51.0. The molecule has 0 heterocycles. The molecule has 0 bridgehead atoms. The first-order valence-corrected chi connectivity index (χ1v) is 22.8. The van der Waals surface area contributed by atoms with Crippen molar-refractivity contribution in [3.05, 3.63) is 48.6 Å². The van der Waals surface area contributed by atoms with Gasteiger partial charge in [0.05, 0.1) is 6.61 Å². The zero-order valence-electron chi connectivity index (χ0n) is 34.2. The summed E-state index contributed by atoms with van der Waals surface area (Å²) in [5.74, 6) is -0.819. The Bertz CT molecular complexity index is 1010. The Labute approximate surface area is 325 Å². The van der Waals surface area contributed by atoms with Gasteiger partial charge in [-0.2, -0.15) is 0 Å². The molecule has 0 aromatic carbocycles. The minimum Gasteiger partial charge on any atom is -0.462 e. The van der Waals surface area contributed by atoms with E-state index < -0.39 is 26.5 Å². The number of hydrogen-bond donors (Lipinski definition) is 1. The number of hydrogen-bond acceptors (Lipinski definition) is 7. The van der Waals surface area contributed by atoms with E-state index in [4.69, 9.17) is 14.0 Å². The molecule has 0 rings (SSSR count). The van der Waals surface area contributed by atoms with Crippen LogP contribution in [0.4, 0.5) is 0 Å². The van der Waals surface area contributed by atoms with Crippen LogP contribution in [0.5, 0.6) is 0 Å². The third-order valence-electron chi connectivity index (χ3n) is 9.06. The molecule has 0 aliphatic heterocycles. The highest BCUT2D eigenvalue weighted by molar-refractivity contribution is 7.47. The monoisotopic (exact) mass is 767 g/mol. The van der Waals surface area contributed by atoms with E-state index in [-0.39, 0.29) is 25.4 Å². The van der Waals surface area contributed by atoms with Crippen LogP contribution in [0.1, 0.15) is 194 Å².